The number of nitrogens with zero attached hydrogens (tertiary/aromatic N) is 2. The fourth-order valence-electron chi connectivity index (χ4n) is 4.40. The van der Waals surface area contributed by atoms with Gasteiger partial charge in [0, 0.05) is 32.2 Å². The lowest BCUT2D eigenvalue weighted by molar-refractivity contribution is -0.117. The van der Waals surface area contributed by atoms with Crippen LogP contribution in [0.15, 0.2) is 0 Å². The van der Waals surface area contributed by atoms with E-state index in [4.69, 9.17) is 10.5 Å². The normalized spacial score (nSPS) is 39.6. The predicted octanol–water partition coefficient (Wildman–Crippen LogP) is 1.30. The largest absolute Gasteiger partial charge is 0.368 e. The second-order valence-electron chi connectivity index (χ2n) is 7.59. The van der Waals surface area contributed by atoms with Crippen LogP contribution < -0.4 is 5.73 Å². The van der Waals surface area contributed by atoms with Crippen molar-refractivity contribution in [3.8, 4) is 0 Å². The van der Waals surface area contributed by atoms with E-state index < -0.39 is 0 Å². The Balaban J connectivity index is 2.32. The van der Waals surface area contributed by atoms with E-state index in [9.17, 15) is 0 Å². The average molecular weight is 269 g/mol. The van der Waals surface area contributed by atoms with Crippen molar-refractivity contribution in [2.75, 3.05) is 33.2 Å². The van der Waals surface area contributed by atoms with E-state index in [1.54, 1.807) is 0 Å². The molecule has 2 atom stereocenters. The molecule has 0 bridgehead atoms. The van der Waals surface area contributed by atoms with Crippen LogP contribution in [0.1, 0.15) is 41.0 Å². The van der Waals surface area contributed by atoms with Gasteiger partial charge in [-0.3, -0.25) is 4.90 Å². The minimum atomic E-state index is -0.199. The fraction of sp³-hybridized carbons (Fsp3) is 1.00. The van der Waals surface area contributed by atoms with E-state index >= 15 is 0 Å². The number of hydrogen-bond donors (Lipinski definition) is 1. The van der Waals surface area contributed by atoms with Gasteiger partial charge in [-0.2, -0.15) is 0 Å². The minimum Gasteiger partial charge on any atom is -0.368 e. The quantitative estimate of drug-likeness (QED) is 0.820. The summed E-state index contributed by atoms with van der Waals surface area (Å²) in [5, 5.41) is 0. The van der Waals surface area contributed by atoms with Crippen LogP contribution in [0.3, 0.4) is 0 Å². The second kappa shape index (κ2) is 4.69. The summed E-state index contributed by atoms with van der Waals surface area (Å²) in [6, 6.07) is 0.527. The van der Waals surface area contributed by atoms with Gasteiger partial charge < -0.3 is 15.4 Å². The van der Waals surface area contributed by atoms with E-state index in [1.807, 2.05) is 0 Å². The molecule has 0 amide bonds. The van der Waals surface area contributed by atoms with E-state index in [-0.39, 0.29) is 16.7 Å². The standard InChI is InChI=1S/C15H31N3O/c1-12-9-17(6)7-8-18(12)15(11-16)10-13(2,3)19-14(15,4)5/h12H,7-11,16H2,1-6H3. The molecule has 4 heteroatoms. The number of likely N-dealkylation sites (N-methyl/N-ethyl adjacent to an activating group) is 1. The van der Waals surface area contributed by atoms with Gasteiger partial charge in [-0.25, -0.2) is 0 Å². The molecule has 2 saturated heterocycles. The van der Waals surface area contributed by atoms with E-state index in [1.165, 1.54) is 0 Å². The van der Waals surface area contributed by atoms with E-state index in [0.717, 1.165) is 26.1 Å². The van der Waals surface area contributed by atoms with Crippen molar-refractivity contribution in [3.05, 3.63) is 0 Å². The van der Waals surface area contributed by atoms with Crippen molar-refractivity contribution >= 4 is 0 Å². The Morgan fingerprint density at radius 3 is 2.26 bits per heavy atom. The molecule has 19 heavy (non-hydrogen) atoms. The van der Waals surface area contributed by atoms with E-state index in [0.29, 0.717) is 12.6 Å². The average Bonchev–Trinajstić information content (AvgIpc) is 2.43. The summed E-state index contributed by atoms with van der Waals surface area (Å²) in [6.45, 7) is 15.1. The van der Waals surface area contributed by atoms with E-state index in [2.05, 4.69) is 51.5 Å². The molecule has 4 nitrogen and oxygen atoms in total. The Labute approximate surface area is 118 Å². The molecule has 0 aromatic heterocycles. The molecular weight excluding hydrogens is 238 g/mol. The van der Waals surface area contributed by atoms with Crippen LogP contribution in [-0.4, -0.2) is 65.8 Å². The van der Waals surface area contributed by atoms with Gasteiger partial charge in [0.05, 0.1) is 16.7 Å². The first-order valence-corrected chi connectivity index (χ1v) is 7.49. The first-order valence-electron chi connectivity index (χ1n) is 7.49. The van der Waals surface area contributed by atoms with Crippen molar-refractivity contribution in [3.63, 3.8) is 0 Å². The monoisotopic (exact) mass is 269 g/mol. The van der Waals surface area contributed by atoms with Gasteiger partial charge in [0.25, 0.3) is 0 Å². The third kappa shape index (κ3) is 2.44. The van der Waals surface area contributed by atoms with Crippen LogP contribution >= 0.6 is 0 Å². The first-order chi connectivity index (χ1) is 8.63. The van der Waals surface area contributed by atoms with Crippen molar-refractivity contribution < 1.29 is 4.74 Å². The number of nitrogens with two attached hydrogens (primary N) is 1. The smallest absolute Gasteiger partial charge is 0.0830 e. The van der Waals surface area contributed by atoms with Gasteiger partial charge in [-0.15, -0.1) is 0 Å². The molecule has 2 N–H and O–H groups in total. The molecule has 2 unspecified atom stereocenters. The summed E-state index contributed by atoms with van der Waals surface area (Å²) in [6.07, 6.45) is 1.01. The molecule has 112 valence electrons. The molecule has 0 aromatic rings. The molecule has 2 aliphatic rings. The highest BCUT2D eigenvalue weighted by atomic mass is 16.5. The number of hydrogen-bond acceptors (Lipinski definition) is 4. The fourth-order valence-corrected chi connectivity index (χ4v) is 4.40. The lowest BCUT2D eigenvalue weighted by Gasteiger charge is -2.53. The predicted molar refractivity (Wildman–Crippen MR) is 79.3 cm³/mol. The zero-order chi connectivity index (χ0) is 14.5. The van der Waals surface area contributed by atoms with Crippen LogP contribution in [0.5, 0.6) is 0 Å². The van der Waals surface area contributed by atoms with Gasteiger partial charge >= 0.3 is 0 Å². The summed E-state index contributed by atoms with van der Waals surface area (Å²) in [5.74, 6) is 0. The SMILES string of the molecule is CC1CN(C)CCN1C1(CN)CC(C)(C)OC1(C)C. The van der Waals surface area contributed by atoms with Crippen LogP contribution in [0.4, 0.5) is 0 Å². The molecule has 2 fully saturated rings. The van der Waals surface area contributed by atoms with Gasteiger partial charge in [-0.05, 0) is 48.1 Å². The van der Waals surface area contributed by atoms with Crippen molar-refractivity contribution in [1.82, 2.24) is 9.80 Å². The lowest BCUT2D eigenvalue weighted by atomic mass is 9.76. The summed E-state index contributed by atoms with van der Waals surface area (Å²) < 4.78 is 6.34. The van der Waals surface area contributed by atoms with Crippen LogP contribution in [0.2, 0.25) is 0 Å². The maximum atomic E-state index is 6.34. The summed E-state index contributed by atoms with van der Waals surface area (Å²) in [7, 11) is 2.20. The lowest BCUT2D eigenvalue weighted by Crippen LogP contribution is -2.69. The topological polar surface area (TPSA) is 41.7 Å². The molecule has 2 aliphatic heterocycles. The molecule has 0 spiro atoms. The third-order valence-corrected chi connectivity index (χ3v) is 5.09. The van der Waals surface area contributed by atoms with Crippen molar-refractivity contribution in [2.45, 2.75) is 63.8 Å². The van der Waals surface area contributed by atoms with Crippen molar-refractivity contribution in [1.29, 1.82) is 0 Å². The highest BCUT2D eigenvalue weighted by Crippen LogP contribution is 2.48. The molecule has 0 aliphatic carbocycles. The molecule has 0 radical (unpaired) electrons. The summed E-state index contributed by atoms with van der Waals surface area (Å²) in [5.41, 5.74) is 5.92. The number of piperazine rings is 1. The first kappa shape index (κ1) is 15.2. The maximum absolute atomic E-state index is 6.34. The second-order valence-corrected chi connectivity index (χ2v) is 7.59. The Morgan fingerprint density at radius 2 is 1.84 bits per heavy atom. The minimum absolute atomic E-state index is 0.0445. The van der Waals surface area contributed by atoms with Crippen LogP contribution in [0.25, 0.3) is 0 Å². The Kier molecular flexibility index (Phi) is 3.76. The highest BCUT2D eigenvalue weighted by Gasteiger charge is 2.60. The zero-order valence-electron chi connectivity index (χ0n) is 13.5. The maximum Gasteiger partial charge on any atom is 0.0830 e. The molecule has 0 aromatic carbocycles. The zero-order valence-corrected chi connectivity index (χ0v) is 13.5. The van der Waals surface area contributed by atoms with Gasteiger partial charge in [0.2, 0.25) is 0 Å². The Hall–Kier alpha value is -0.160. The molecule has 2 rings (SSSR count). The van der Waals surface area contributed by atoms with Crippen LogP contribution in [-0.2, 0) is 4.74 Å². The third-order valence-electron chi connectivity index (χ3n) is 5.09. The highest BCUT2D eigenvalue weighted by molar-refractivity contribution is 5.14. The van der Waals surface area contributed by atoms with Crippen molar-refractivity contribution in [2.24, 2.45) is 5.73 Å². The Bertz CT molecular complexity index is 342. The Morgan fingerprint density at radius 1 is 1.21 bits per heavy atom. The number of ether oxygens (including phenoxy) is 1. The molecular formula is C15H31N3O. The van der Waals surface area contributed by atoms with Gasteiger partial charge in [0.15, 0.2) is 0 Å². The molecule has 0 saturated carbocycles. The number of rotatable bonds is 2. The van der Waals surface area contributed by atoms with Gasteiger partial charge in [0.1, 0.15) is 0 Å². The molecule has 2 heterocycles. The summed E-state index contributed by atoms with van der Waals surface area (Å²) >= 11 is 0. The summed E-state index contributed by atoms with van der Waals surface area (Å²) in [4.78, 5) is 5.01. The van der Waals surface area contributed by atoms with Crippen LogP contribution in [0, 0.1) is 0 Å². The van der Waals surface area contributed by atoms with Gasteiger partial charge in [-0.1, -0.05) is 0 Å².